The largest absolute Gasteiger partial charge is 0.497 e. The molecule has 5 atom stereocenters. The Labute approximate surface area is 151 Å². The molecule has 3 aliphatic carbocycles. The van der Waals surface area contributed by atoms with E-state index in [0.29, 0.717) is 30.5 Å². The number of hydrogen-bond donors (Lipinski definition) is 0. The summed E-state index contributed by atoms with van der Waals surface area (Å²) in [6, 6.07) is 8.92. The molecule has 2 fully saturated rings. The summed E-state index contributed by atoms with van der Waals surface area (Å²) in [5.74, 6) is 3.27. The van der Waals surface area contributed by atoms with Crippen LogP contribution in [0.5, 0.6) is 5.75 Å². The molecule has 3 heteroatoms. The number of nitriles is 1. The van der Waals surface area contributed by atoms with Crippen LogP contribution in [0.15, 0.2) is 18.2 Å². The van der Waals surface area contributed by atoms with Crippen LogP contribution in [0.2, 0.25) is 0 Å². The number of aryl methyl sites for hydroxylation is 1. The SMILES string of the molecule is COc1ccc2c(c1)CCC1C2CC[C@]2(C)C(OCCC#N)CCC12. The van der Waals surface area contributed by atoms with Crippen molar-refractivity contribution in [2.75, 3.05) is 13.7 Å². The van der Waals surface area contributed by atoms with Gasteiger partial charge in [-0.1, -0.05) is 13.0 Å². The maximum Gasteiger partial charge on any atom is 0.119 e. The minimum atomic E-state index is 0.306. The van der Waals surface area contributed by atoms with Crippen LogP contribution in [0.3, 0.4) is 0 Å². The first-order chi connectivity index (χ1) is 12.2. The molecule has 1 aromatic rings. The van der Waals surface area contributed by atoms with Crippen molar-refractivity contribution in [2.24, 2.45) is 17.3 Å². The Bertz CT molecular complexity index is 679. The summed E-state index contributed by atoms with van der Waals surface area (Å²) in [4.78, 5) is 0. The number of rotatable bonds is 4. The van der Waals surface area contributed by atoms with Crippen molar-refractivity contribution in [3.05, 3.63) is 29.3 Å². The molecule has 3 aliphatic rings. The molecule has 0 saturated heterocycles. The number of ether oxygens (including phenoxy) is 2. The zero-order valence-electron chi connectivity index (χ0n) is 15.5. The van der Waals surface area contributed by atoms with Gasteiger partial charge >= 0.3 is 0 Å². The lowest BCUT2D eigenvalue weighted by Gasteiger charge is -2.50. The number of nitrogens with zero attached hydrogens (tertiary/aromatic N) is 1. The molecule has 0 heterocycles. The molecule has 0 radical (unpaired) electrons. The highest BCUT2D eigenvalue weighted by atomic mass is 16.5. The van der Waals surface area contributed by atoms with E-state index < -0.39 is 0 Å². The van der Waals surface area contributed by atoms with Gasteiger partial charge < -0.3 is 9.47 Å². The topological polar surface area (TPSA) is 42.2 Å². The quantitative estimate of drug-likeness (QED) is 0.736. The van der Waals surface area contributed by atoms with Gasteiger partial charge in [-0.25, -0.2) is 0 Å². The van der Waals surface area contributed by atoms with E-state index in [2.05, 4.69) is 31.2 Å². The molecule has 134 valence electrons. The monoisotopic (exact) mass is 339 g/mol. The highest BCUT2D eigenvalue weighted by Crippen LogP contribution is 2.61. The standard InChI is InChI=1S/C22H29NO2/c1-22-11-10-18-17-7-5-16(24-2)14-15(17)4-6-19(18)20(22)8-9-21(22)25-13-3-12-23/h5,7,14,18-21H,3-4,6,8-11,13H2,1-2H3/t18?,19?,20?,21?,22-/m0/s1. The fraction of sp³-hybridized carbons (Fsp3) is 0.682. The first-order valence-corrected chi connectivity index (χ1v) is 9.82. The van der Waals surface area contributed by atoms with E-state index in [9.17, 15) is 0 Å². The van der Waals surface area contributed by atoms with Crippen molar-refractivity contribution in [1.29, 1.82) is 5.26 Å². The molecular weight excluding hydrogens is 310 g/mol. The zero-order chi connectivity index (χ0) is 17.4. The van der Waals surface area contributed by atoms with Crippen LogP contribution in [0.4, 0.5) is 0 Å². The van der Waals surface area contributed by atoms with Gasteiger partial charge in [0.1, 0.15) is 5.75 Å². The van der Waals surface area contributed by atoms with E-state index in [0.717, 1.165) is 17.6 Å². The van der Waals surface area contributed by atoms with Crippen molar-refractivity contribution < 1.29 is 9.47 Å². The fourth-order valence-corrected chi connectivity index (χ4v) is 6.16. The Balaban J connectivity index is 1.55. The third-order valence-corrected chi connectivity index (χ3v) is 7.38. The maximum absolute atomic E-state index is 8.78. The van der Waals surface area contributed by atoms with E-state index in [1.165, 1.54) is 44.1 Å². The molecule has 0 amide bonds. The second-order valence-electron chi connectivity index (χ2n) is 8.37. The highest BCUT2D eigenvalue weighted by Gasteiger charge is 2.55. The van der Waals surface area contributed by atoms with Crippen LogP contribution in [0.25, 0.3) is 0 Å². The fourth-order valence-electron chi connectivity index (χ4n) is 6.16. The predicted molar refractivity (Wildman–Crippen MR) is 97.6 cm³/mol. The first kappa shape index (κ1) is 16.9. The number of fused-ring (bicyclic) bond motifs is 5. The molecule has 25 heavy (non-hydrogen) atoms. The summed E-state index contributed by atoms with van der Waals surface area (Å²) in [6.07, 6.45) is 8.33. The summed E-state index contributed by atoms with van der Waals surface area (Å²) < 4.78 is 11.6. The van der Waals surface area contributed by atoms with Crippen molar-refractivity contribution >= 4 is 0 Å². The lowest BCUT2D eigenvalue weighted by molar-refractivity contribution is -0.0623. The Morgan fingerprint density at radius 3 is 2.92 bits per heavy atom. The average Bonchev–Trinajstić information content (AvgIpc) is 2.98. The van der Waals surface area contributed by atoms with E-state index in [-0.39, 0.29) is 0 Å². The Morgan fingerprint density at radius 1 is 1.24 bits per heavy atom. The smallest absolute Gasteiger partial charge is 0.119 e. The van der Waals surface area contributed by atoms with Gasteiger partial charge in [-0.3, -0.25) is 0 Å². The lowest BCUT2D eigenvalue weighted by Crippen LogP contribution is -2.44. The van der Waals surface area contributed by atoms with Crippen LogP contribution in [-0.2, 0) is 11.2 Å². The maximum atomic E-state index is 8.78. The third kappa shape index (κ3) is 2.75. The normalized spacial score (nSPS) is 36.0. The summed E-state index contributed by atoms with van der Waals surface area (Å²) in [7, 11) is 1.75. The molecule has 3 nitrogen and oxygen atoms in total. The molecule has 4 unspecified atom stereocenters. The van der Waals surface area contributed by atoms with Gasteiger partial charge in [0.25, 0.3) is 0 Å². The molecule has 0 bridgehead atoms. The molecule has 0 aromatic heterocycles. The third-order valence-electron chi connectivity index (χ3n) is 7.38. The summed E-state index contributed by atoms with van der Waals surface area (Å²) >= 11 is 0. The predicted octanol–water partition coefficient (Wildman–Crippen LogP) is 4.85. The molecule has 1 aromatic carbocycles. The number of hydrogen-bond acceptors (Lipinski definition) is 3. The van der Waals surface area contributed by atoms with Crippen molar-refractivity contribution in [3.8, 4) is 11.8 Å². The van der Waals surface area contributed by atoms with Gasteiger partial charge in [-0.15, -0.1) is 0 Å². The van der Waals surface area contributed by atoms with Crippen molar-refractivity contribution in [2.45, 2.75) is 63.9 Å². The van der Waals surface area contributed by atoms with E-state index >= 15 is 0 Å². The van der Waals surface area contributed by atoms with Crippen molar-refractivity contribution in [3.63, 3.8) is 0 Å². The average molecular weight is 339 g/mol. The molecule has 4 rings (SSSR count). The van der Waals surface area contributed by atoms with Crippen LogP contribution in [-0.4, -0.2) is 19.8 Å². The van der Waals surface area contributed by atoms with Crippen LogP contribution >= 0.6 is 0 Å². The van der Waals surface area contributed by atoms with Crippen molar-refractivity contribution in [1.82, 2.24) is 0 Å². The summed E-state index contributed by atoms with van der Waals surface area (Å²) in [6.45, 7) is 3.06. The Hall–Kier alpha value is -1.53. The second-order valence-corrected chi connectivity index (χ2v) is 8.37. The molecule has 2 saturated carbocycles. The first-order valence-electron chi connectivity index (χ1n) is 9.82. The molecule has 0 N–H and O–H groups in total. The van der Waals surface area contributed by atoms with Gasteiger partial charge in [-0.05, 0) is 85.0 Å². The minimum absolute atomic E-state index is 0.306. The van der Waals surface area contributed by atoms with Gasteiger partial charge in [-0.2, -0.15) is 5.26 Å². The molecule has 0 aliphatic heterocycles. The summed E-state index contributed by atoms with van der Waals surface area (Å²) in [5.41, 5.74) is 3.39. The lowest BCUT2D eigenvalue weighted by atomic mass is 9.55. The highest BCUT2D eigenvalue weighted by molar-refractivity contribution is 5.40. The van der Waals surface area contributed by atoms with Crippen LogP contribution in [0, 0.1) is 28.6 Å². The number of methoxy groups -OCH3 is 1. The second kappa shape index (κ2) is 6.65. The zero-order valence-corrected chi connectivity index (χ0v) is 15.5. The van der Waals surface area contributed by atoms with E-state index in [1.54, 1.807) is 12.7 Å². The van der Waals surface area contributed by atoms with Gasteiger partial charge in [0.05, 0.1) is 32.3 Å². The molecular formula is C22H29NO2. The summed E-state index contributed by atoms with van der Waals surface area (Å²) in [5, 5.41) is 8.78. The van der Waals surface area contributed by atoms with Gasteiger partial charge in [0.2, 0.25) is 0 Å². The van der Waals surface area contributed by atoms with Crippen LogP contribution in [0.1, 0.15) is 62.5 Å². The Morgan fingerprint density at radius 2 is 2.12 bits per heavy atom. The van der Waals surface area contributed by atoms with E-state index in [1.807, 2.05) is 0 Å². The minimum Gasteiger partial charge on any atom is -0.497 e. The molecule has 0 spiro atoms. The van der Waals surface area contributed by atoms with Gasteiger partial charge in [0.15, 0.2) is 0 Å². The van der Waals surface area contributed by atoms with Crippen LogP contribution < -0.4 is 4.74 Å². The van der Waals surface area contributed by atoms with E-state index in [4.69, 9.17) is 14.7 Å². The number of benzene rings is 1. The van der Waals surface area contributed by atoms with Gasteiger partial charge in [0, 0.05) is 0 Å². The Kier molecular flexibility index (Phi) is 4.50.